The molecule has 2 heterocycles. The van der Waals surface area contributed by atoms with Gasteiger partial charge in [0.25, 0.3) is 5.91 Å². The Hall–Kier alpha value is -1.61. The lowest BCUT2D eigenvalue weighted by Gasteiger charge is -2.21. The summed E-state index contributed by atoms with van der Waals surface area (Å²) in [6.45, 7) is 1.04. The molecule has 27 heavy (non-hydrogen) atoms. The van der Waals surface area contributed by atoms with Crippen molar-refractivity contribution in [2.24, 2.45) is 0 Å². The van der Waals surface area contributed by atoms with Crippen LogP contribution in [0.1, 0.15) is 35.4 Å². The van der Waals surface area contributed by atoms with Crippen molar-refractivity contribution in [3.63, 3.8) is 0 Å². The Balaban J connectivity index is 1.89. The number of anilines is 1. The Bertz CT molecular complexity index is 919. The van der Waals surface area contributed by atoms with Gasteiger partial charge in [-0.25, -0.2) is 8.42 Å². The van der Waals surface area contributed by atoms with Gasteiger partial charge in [0.05, 0.1) is 26.9 Å². The number of benzene rings is 1. The summed E-state index contributed by atoms with van der Waals surface area (Å²) < 4.78 is 33.3. The molecule has 1 aromatic carbocycles. The van der Waals surface area contributed by atoms with E-state index in [9.17, 15) is 13.2 Å². The molecule has 0 radical (unpaired) electrons. The van der Waals surface area contributed by atoms with Gasteiger partial charge in [0.2, 0.25) is 10.0 Å². The Morgan fingerprint density at radius 1 is 1.15 bits per heavy atom. The van der Waals surface area contributed by atoms with Gasteiger partial charge in [-0.05, 0) is 43.2 Å². The molecule has 1 amide bonds. The van der Waals surface area contributed by atoms with Crippen LogP contribution in [0.15, 0.2) is 35.2 Å². The van der Waals surface area contributed by atoms with Crippen LogP contribution in [0.25, 0.3) is 0 Å². The van der Waals surface area contributed by atoms with Crippen molar-refractivity contribution in [1.29, 1.82) is 0 Å². The smallest absolute Gasteiger partial charge is 0.265 e. The van der Waals surface area contributed by atoms with Crippen LogP contribution < -0.4 is 10.1 Å². The molecule has 0 aliphatic carbocycles. The van der Waals surface area contributed by atoms with Gasteiger partial charge in [-0.1, -0.05) is 24.4 Å². The highest BCUT2D eigenvalue weighted by Crippen LogP contribution is 2.31. The highest BCUT2D eigenvalue weighted by Gasteiger charge is 2.26. The molecule has 1 N–H and O–H groups in total. The zero-order valence-electron chi connectivity index (χ0n) is 14.9. The quantitative estimate of drug-likeness (QED) is 0.773. The van der Waals surface area contributed by atoms with Crippen LogP contribution in [0, 0.1) is 0 Å². The van der Waals surface area contributed by atoms with Crippen LogP contribution >= 0.6 is 22.9 Å². The fraction of sp³-hybridized carbons (Fsp3) is 0.389. The fourth-order valence-corrected chi connectivity index (χ4v) is 5.48. The van der Waals surface area contributed by atoms with Crippen molar-refractivity contribution >= 4 is 44.6 Å². The van der Waals surface area contributed by atoms with Gasteiger partial charge < -0.3 is 10.1 Å². The number of hydrogen-bond donors (Lipinski definition) is 1. The molecule has 0 bridgehead atoms. The number of halogens is 1. The van der Waals surface area contributed by atoms with Crippen LogP contribution in [0.2, 0.25) is 4.34 Å². The minimum atomic E-state index is -3.62. The molecular weight excluding hydrogens is 408 g/mol. The van der Waals surface area contributed by atoms with Crippen molar-refractivity contribution in [2.45, 2.75) is 30.6 Å². The lowest BCUT2D eigenvalue weighted by molar-refractivity contribution is 0.103. The molecule has 0 saturated carbocycles. The normalized spacial score (nSPS) is 15.9. The van der Waals surface area contributed by atoms with Crippen LogP contribution in [0.4, 0.5) is 5.69 Å². The largest absolute Gasteiger partial charge is 0.495 e. The number of hydrogen-bond acceptors (Lipinski definition) is 5. The van der Waals surface area contributed by atoms with E-state index in [-0.39, 0.29) is 10.8 Å². The second kappa shape index (κ2) is 8.60. The predicted octanol–water partition coefficient (Wildman–Crippen LogP) is 4.23. The second-order valence-corrected chi connectivity index (χ2v) is 9.89. The average molecular weight is 429 g/mol. The third kappa shape index (κ3) is 4.63. The van der Waals surface area contributed by atoms with Crippen LogP contribution in [0.5, 0.6) is 5.75 Å². The second-order valence-electron chi connectivity index (χ2n) is 6.24. The number of nitrogens with zero attached hydrogens (tertiary/aromatic N) is 1. The first-order valence-electron chi connectivity index (χ1n) is 8.66. The maximum Gasteiger partial charge on any atom is 0.265 e. The molecule has 3 rings (SSSR count). The van der Waals surface area contributed by atoms with Crippen LogP contribution in [-0.2, 0) is 10.0 Å². The van der Waals surface area contributed by atoms with E-state index in [4.69, 9.17) is 16.3 Å². The molecule has 0 unspecified atom stereocenters. The van der Waals surface area contributed by atoms with E-state index in [0.717, 1.165) is 37.0 Å². The maximum atomic E-state index is 13.0. The SMILES string of the molecule is COc1ccc(S(=O)(=O)N2CCCCCC2)cc1NC(=O)c1ccc(Cl)s1. The first kappa shape index (κ1) is 20.1. The standard InChI is InChI=1S/C18H21ClN2O4S2/c1-25-15-7-6-13(27(23,24)21-10-4-2-3-5-11-21)12-14(15)20-18(22)16-8-9-17(19)26-16/h6-9,12H,2-5,10-11H2,1H3,(H,20,22). The molecule has 2 aromatic rings. The zero-order valence-corrected chi connectivity index (χ0v) is 17.3. The van der Waals surface area contributed by atoms with Crippen molar-refractivity contribution in [3.8, 4) is 5.75 Å². The number of methoxy groups -OCH3 is 1. The Morgan fingerprint density at radius 3 is 2.44 bits per heavy atom. The van der Waals surface area contributed by atoms with Crippen LogP contribution in [0.3, 0.4) is 0 Å². The number of carbonyl (C=O) groups is 1. The minimum absolute atomic E-state index is 0.143. The lowest BCUT2D eigenvalue weighted by atomic mass is 10.2. The molecule has 9 heteroatoms. The molecule has 1 fully saturated rings. The van der Waals surface area contributed by atoms with E-state index in [2.05, 4.69) is 5.32 Å². The van der Waals surface area contributed by atoms with Crippen molar-refractivity contribution in [3.05, 3.63) is 39.5 Å². The average Bonchev–Trinajstić information content (AvgIpc) is 2.91. The first-order valence-corrected chi connectivity index (χ1v) is 11.3. The summed E-state index contributed by atoms with van der Waals surface area (Å²) >= 11 is 7.03. The minimum Gasteiger partial charge on any atom is -0.495 e. The van der Waals surface area contributed by atoms with Crippen LogP contribution in [-0.4, -0.2) is 38.8 Å². The summed E-state index contributed by atoms with van der Waals surface area (Å²) in [6, 6.07) is 7.77. The Morgan fingerprint density at radius 2 is 1.85 bits per heavy atom. The summed E-state index contributed by atoms with van der Waals surface area (Å²) in [5.41, 5.74) is 0.308. The number of amides is 1. The van der Waals surface area contributed by atoms with Gasteiger partial charge in [-0.15, -0.1) is 11.3 Å². The molecule has 1 aliphatic heterocycles. The number of nitrogens with one attached hydrogen (secondary N) is 1. The Labute approximate surface area is 168 Å². The monoisotopic (exact) mass is 428 g/mol. The fourth-order valence-electron chi connectivity index (χ4n) is 3.00. The van der Waals surface area contributed by atoms with Crippen molar-refractivity contribution in [1.82, 2.24) is 4.31 Å². The van der Waals surface area contributed by atoms with E-state index in [1.165, 1.54) is 23.5 Å². The molecule has 1 aliphatic rings. The summed E-state index contributed by atoms with van der Waals surface area (Å²) in [4.78, 5) is 13.0. The summed E-state index contributed by atoms with van der Waals surface area (Å²) in [6.07, 6.45) is 3.80. The molecule has 146 valence electrons. The highest BCUT2D eigenvalue weighted by atomic mass is 35.5. The summed E-state index contributed by atoms with van der Waals surface area (Å²) in [5.74, 6) is 0.0235. The number of sulfonamides is 1. The van der Waals surface area contributed by atoms with Gasteiger partial charge in [0.1, 0.15) is 5.75 Å². The van der Waals surface area contributed by atoms with Gasteiger partial charge in [0.15, 0.2) is 0 Å². The number of ether oxygens (including phenoxy) is 1. The number of rotatable bonds is 5. The summed E-state index contributed by atoms with van der Waals surface area (Å²) in [5, 5.41) is 2.72. The Kier molecular flexibility index (Phi) is 6.41. The molecule has 1 aromatic heterocycles. The molecule has 1 saturated heterocycles. The topological polar surface area (TPSA) is 75.7 Å². The number of carbonyl (C=O) groups excluding carboxylic acids is 1. The highest BCUT2D eigenvalue weighted by molar-refractivity contribution is 7.89. The lowest BCUT2D eigenvalue weighted by Crippen LogP contribution is -2.32. The first-order chi connectivity index (χ1) is 12.9. The predicted molar refractivity (Wildman–Crippen MR) is 108 cm³/mol. The number of thiophene rings is 1. The maximum absolute atomic E-state index is 13.0. The van der Waals surface area contributed by atoms with Crippen molar-refractivity contribution in [2.75, 3.05) is 25.5 Å². The van der Waals surface area contributed by atoms with Crippen molar-refractivity contribution < 1.29 is 17.9 Å². The zero-order chi connectivity index (χ0) is 19.4. The molecule has 0 atom stereocenters. The van der Waals surface area contributed by atoms with E-state index in [0.29, 0.717) is 33.7 Å². The molecular formula is C18H21ClN2O4S2. The van der Waals surface area contributed by atoms with Gasteiger partial charge in [0, 0.05) is 13.1 Å². The molecule has 6 nitrogen and oxygen atoms in total. The van der Waals surface area contributed by atoms with E-state index < -0.39 is 10.0 Å². The van der Waals surface area contributed by atoms with E-state index in [1.807, 2.05) is 0 Å². The van der Waals surface area contributed by atoms with Gasteiger partial charge in [-0.2, -0.15) is 4.31 Å². The third-order valence-electron chi connectivity index (χ3n) is 4.42. The van der Waals surface area contributed by atoms with E-state index in [1.54, 1.807) is 18.2 Å². The summed E-state index contributed by atoms with van der Waals surface area (Å²) in [7, 11) is -2.15. The van der Waals surface area contributed by atoms with E-state index >= 15 is 0 Å². The van der Waals surface area contributed by atoms with Gasteiger partial charge in [-0.3, -0.25) is 4.79 Å². The van der Waals surface area contributed by atoms with Gasteiger partial charge >= 0.3 is 0 Å². The molecule has 0 spiro atoms. The third-order valence-corrected chi connectivity index (χ3v) is 7.54.